The van der Waals surface area contributed by atoms with Crippen molar-refractivity contribution in [1.29, 1.82) is 0 Å². The molecule has 53 heavy (non-hydrogen) atoms. The third-order valence-electron chi connectivity index (χ3n) is 11.0. The molecular formula is C47H60IrNO3S-. The minimum Gasteiger partial charge on any atom is -0.512 e. The van der Waals surface area contributed by atoms with Gasteiger partial charge in [0.05, 0.1) is 0 Å². The van der Waals surface area contributed by atoms with Gasteiger partial charge in [-0.25, -0.2) is 0 Å². The van der Waals surface area contributed by atoms with Crippen LogP contribution in [-0.4, -0.2) is 15.9 Å². The zero-order valence-electron chi connectivity index (χ0n) is 34.0. The predicted molar refractivity (Wildman–Crippen MR) is 225 cm³/mol. The van der Waals surface area contributed by atoms with Gasteiger partial charge in [-0.1, -0.05) is 105 Å². The molecule has 0 amide bonds. The Hall–Kier alpha value is -3.31. The van der Waals surface area contributed by atoms with Crippen LogP contribution in [0.5, 0.6) is 5.75 Å². The van der Waals surface area contributed by atoms with Crippen molar-refractivity contribution in [1.82, 2.24) is 4.98 Å². The van der Waals surface area contributed by atoms with Crippen molar-refractivity contribution in [3.63, 3.8) is 0 Å². The summed E-state index contributed by atoms with van der Waals surface area (Å²) in [5.41, 5.74) is 2.77. The largest absolute Gasteiger partial charge is 0.512 e. The number of thiophene rings is 1. The molecule has 287 valence electrons. The number of allylic oxidation sites excluding steroid dienone is 4. The maximum absolute atomic E-state index is 12.2. The third-order valence-corrected chi connectivity index (χ3v) is 12.1. The van der Waals surface area contributed by atoms with Gasteiger partial charge in [-0.15, -0.1) is 40.5 Å². The van der Waals surface area contributed by atoms with Crippen LogP contribution in [0.3, 0.4) is 0 Å². The normalized spacial score (nSPS) is 12.9. The van der Waals surface area contributed by atoms with Crippen molar-refractivity contribution in [2.45, 2.75) is 121 Å². The summed E-state index contributed by atoms with van der Waals surface area (Å²) in [6.45, 7) is 25.4. The molecule has 0 saturated carbocycles. The van der Waals surface area contributed by atoms with Crippen molar-refractivity contribution in [2.75, 3.05) is 0 Å². The average molecular weight is 911 g/mol. The molecule has 0 atom stereocenters. The first-order valence-corrected chi connectivity index (χ1v) is 19.9. The van der Waals surface area contributed by atoms with E-state index in [-0.39, 0.29) is 47.9 Å². The molecule has 5 rings (SSSR count). The minimum absolute atomic E-state index is 0. The number of pyridine rings is 1. The van der Waals surface area contributed by atoms with Crippen molar-refractivity contribution < 1.29 is 34.7 Å². The number of hydrogen-bond donors (Lipinski definition) is 1. The number of aliphatic hydroxyl groups excluding tert-OH is 1. The summed E-state index contributed by atoms with van der Waals surface area (Å²) < 4.78 is 8.68. The van der Waals surface area contributed by atoms with Gasteiger partial charge in [0.15, 0.2) is 5.78 Å². The molecule has 0 aliphatic rings. The summed E-state index contributed by atoms with van der Waals surface area (Å²) in [6.07, 6.45) is 9.68. The van der Waals surface area contributed by atoms with Gasteiger partial charge in [0.2, 0.25) is 0 Å². The number of ether oxygens (including phenoxy) is 1. The second-order valence-corrected chi connectivity index (χ2v) is 17.2. The summed E-state index contributed by atoms with van der Waals surface area (Å²) in [5, 5.41) is 14.9. The molecule has 6 heteroatoms. The van der Waals surface area contributed by atoms with Crippen LogP contribution in [0.25, 0.3) is 42.2 Å². The number of fused-ring (bicyclic) bond motifs is 4. The van der Waals surface area contributed by atoms with Crippen molar-refractivity contribution in [3.05, 3.63) is 96.1 Å². The fourth-order valence-electron chi connectivity index (χ4n) is 6.40. The summed E-state index contributed by atoms with van der Waals surface area (Å²) in [4.78, 5) is 17.1. The molecule has 1 N–H and O–H groups in total. The second-order valence-electron chi connectivity index (χ2n) is 16.1. The molecule has 0 bridgehead atoms. The van der Waals surface area contributed by atoms with E-state index < -0.39 is 0 Å². The first-order chi connectivity index (χ1) is 24.5. The van der Waals surface area contributed by atoms with E-state index in [1.165, 1.54) is 37.2 Å². The molecule has 4 nitrogen and oxygen atoms in total. The minimum atomic E-state index is -0.337. The van der Waals surface area contributed by atoms with E-state index in [0.717, 1.165) is 60.3 Å². The van der Waals surface area contributed by atoms with Gasteiger partial charge < -0.3 is 9.84 Å². The van der Waals surface area contributed by atoms with Gasteiger partial charge in [0.1, 0.15) is 17.3 Å². The molecule has 2 aromatic heterocycles. The molecule has 1 radical (unpaired) electrons. The number of benzene rings is 3. The number of carbonyl (C=O) groups excluding carboxylic acids is 1. The summed E-state index contributed by atoms with van der Waals surface area (Å²) >= 11 is 1.79. The summed E-state index contributed by atoms with van der Waals surface area (Å²) in [5.74, 6) is 2.75. The Bertz CT molecular complexity index is 2070. The zero-order chi connectivity index (χ0) is 38.4. The number of rotatable bonds is 12. The standard InChI is InChI=1S/C32H32NOS.C15H28O2.Ir/c1-7-23(16-20(2)3)34-24-12-13-26-29(19-24)35-28-14-15-33-31(30(26)28)22-17-21-10-8-9-11-25(21)27(18-22)32(4,5)6;1-7-14(5,8-2)12(16)11-13(17)15(6,9-3)10-4;/h7-15,18-20H,16H2,1-6H3;11,16H,7-10H2,1-6H3;/q-1;;/b23-7+;12-11-;. The second kappa shape index (κ2) is 18.3. The van der Waals surface area contributed by atoms with Crippen LogP contribution in [0.4, 0.5) is 0 Å². The molecule has 5 aromatic rings. The summed E-state index contributed by atoms with van der Waals surface area (Å²) in [7, 11) is 0. The Morgan fingerprint density at radius 2 is 1.53 bits per heavy atom. The fraction of sp³-hybridized carbons (Fsp3) is 0.447. The van der Waals surface area contributed by atoms with Gasteiger partial charge in [-0.2, -0.15) is 0 Å². The van der Waals surface area contributed by atoms with E-state index in [1.54, 1.807) is 11.3 Å². The number of aliphatic hydroxyl groups is 1. The number of ketones is 1. The number of carbonyl (C=O) groups is 1. The van der Waals surface area contributed by atoms with E-state index >= 15 is 0 Å². The zero-order valence-corrected chi connectivity index (χ0v) is 37.2. The molecule has 3 aromatic carbocycles. The Labute approximate surface area is 336 Å². The molecule has 0 aliphatic carbocycles. The fourth-order valence-corrected chi connectivity index (χ4v) is 7.53. The Balaban J connectivity index is 0.000000359. The molecule has 0 saturated heterocycles. The van der Waals surface area contributed by atoms with Crippen LogP contribution in [0.1, 0.15) is 121 Å². The third kappa shape index (κ3) is 10.1. The van der Waals surface area contributed by atoms with E-state index in [1.807, 2.05) is 54.7 Å². The van der Waals surface area contributed by atoms with Gasteiger partial charge in [0, 0.05) is 64.7 Å². The monoisotopic (exact) mass is 911 g/mol. The van der Waals surface area contributed by atoms with Crippen molar-refractivity contribution in [3.8, 4) is 17.0 Å². The molecule has 0 spiro atoms. The van der Waals surface area contributed by atoms with Crippen LogP contribution in [0, 0.1) is 22.8 Å². The molecular weight excluding hydrogens is 851 g/mol. The topological polar surface area (TPSA) is 59.4 Å². The Morgan fingerprint density at radius 1 is 0.887 bits per heavy atom. The number of hydrogen-bond acceptors (Lipinski definition) is 5. The van der Waals surface area contributed by atoms with Crippen LogP contribution in [0.2, 0.25) is 0 Å². The molecule has 0 unspecified atom stereocenters. The van der Waals surface area contributed by atoms with Gasteiger partial charge in [-0.05, 0) is 85.1 Å². The van der Waals surface area contributed by atoms with Crippen LogP contribution in [0.15, 0.2) is 84.5 Å². The first-order valence-electron chi connectivity index (χ1n) is 19.1. The first kappa shape index (κ1) is 44.1. The van der Waals surface area contributed by atoms with E-state index in [0.29, 0.717) is 5.92 Å². The van der Waals surface area contributed by atoms with Crippen molar-refractivity contribution in [2.24, 2.45) is 16.7 Å². The number of nitrogens with zero attached hydrogens (tertiary/aromatic N) is 1. The smallest absolute Gasteiger partial charge is 0.164 e. The predicted octanol–water partition coefficient (Wildman–Crippen LogP) is 14.3. The Kier molecular flexibility index (Phi) is 15.3. The van der Waals surface area contributed by atoms with Crippen LogP contribution < -0.4 is 4.74 Å². The van der Waals surface area contributed by atoms with Crippen LogP contribution >= 0.6 is 11.3 Å². The maximum Gasteiger partial charge on any atom is 0.164 e. The quantitative estimate of drug-likeness (QED) is 0.0770. The maximum atomic E-state index is 12.2. The average Bonchev–Trinajstić information content (AvgIpc) is 3.51. The number of aromatic nitrogens is 1. The SMILES string of the molecule is C/C=C(\CC(C)C)Oc1ccc2c(c1)sc1ccnc(-c3[c-]c4ccccc4c(C(C)(C)C)c3)c12.CCC(C)(CC)C(=O)/C=C(\O)C(C)(CC)CC.[Ir]. The Morgan fingerprint density at radius 3 is 2.11 bits per heavy atom. The van der Waals surface area contributed by atoms with Gasteiger partial charge in [-0.3, -0.25) is 9.78 Å². The van der Waals surface area contributed by atoms with E-state index in [9.17, 15) is 9.90 Å². The summed E-state index contributed by atoms with van der Waals surface area (Å²) in [6, 6.07) is 23.1. The van der Waals surface area contributed by atoms with Crippen LogP contribution in [-0.2, 0) is 30.3 Å². The van der Waals surface area contributed by atoms with Gasteiger partial charge >= 0.3 is 0 Å². The van der Waals surface area contributed by atoms with Crippen molar-refractivity contribution >= 4 is 48.1 Å². The van der Waals surface area contributed by atoms with E-state index in [4.69, 9.17) is 9.72 Å². The van der Waals surface area contributed by atoms with E-state index in [2.05, 4.69) is 101 Å². The molecule has 0 fully saturated rings. The molecule has 0 aliphatic heterocycles. The molecule has 2 heterocycles. The van der Waals surface area contributed by atoms with Gasteiger partial charge in [0.25, 0.3) is 0 Å².